The molecule has 3 aliphatic rings. The Labute approximate surface area is 254 Å². The van der Waals surface area contributed by atoms with Crippen LogP contribution in [0.5, 0.6) is 0 Å². The second-order valence-electron chi connectivity index (χ2n) is 12.0. The fraction of sp³-hybridized carbons (Fsp3) is 0.457. The van der Waals surface area contributed by atoms with Crippen LogP contribution < -0.4 is 9.80 Å². The van der Waals surface area contributed by atoms with Gasteiger partial charge < -0.3 is 24.5 Å². The lowest BCUT2D eigenvalue weighted by atomic mass is 9.64. The quantitative estimate of drug-likeness (QED) is 0.369. The van der Waals surface area contributed by atoms with Crippen LogP contribution in [-0.2, 0) is 19.1 Å². The van der Waals surface area contributed by atoms with E-state index in [0.717, 1.165) is 22.5 Å². The lowest BCUT2D eigenvalue weighted by molar-refractivity contribution is -0.146. The molecule has 2 aromatic carbocycles. The summed E-state index contributed by atoms with van der Waals surface area (Å²) in [7, 11) is 0. The van der Waals surface area contributed by atoms with E-state index in [1.54, 1.807) is 26.9 Å². The summed E-state index contributed by atoms with van der Waals surface area (Å²) in [5.74, 6) is -2.29. The Hall–Kier alpha value is -3.75. The van der Waals surface area contributed by atoms with Crippen molar-refractivity contribution in [1.29, 1.82) is 0 Å². The molecule has 5 rings (SSSR count). The van der Waals surface area contributed by atoms with Crippen molar-refractivity contribution < 1.29 is 24.2 Å². The van der Waals surface area contributed by atoms with Gasteiger partial charge in [0.05, 0.1) is 17.4 Å². The van der Waals surface area contributed by atoms with Crippen LogP contribution >= 0.6 is 0 Å². The SMILES string of the molecule is C=CCN(C(=O)[C@@H]1[C@H]2C(=O)N(CCCO)C(C(=O)N(CC=C)c3cc(C)ccc3C)C23CC[C@@]1(CC)O3)c1ccccc1. The third kappa shape index (κ3) is 4.90. The third-order valence-corrected chi connectivity index (χ3v) is 9.62. The summed E-state index contributed by atoms with van der Waals surface area (Å²) in [5, 5.41) is 9.74. The number of ether oxygens (including phenoxy) is 1. The first-order valence-corrected chi connectivity index (χ1v) is 15.3. The molecular weight excluding hydrogens is 542 g/mol. The van der Waals surface area contributed by atoms with E-state index in [2.05, 4.69) is 13.2 Å². The normalized spacial score (nSPS) is 27.2. The van der Waals surface area contributed by atoms with Crippen LogP contribution in [-0.4, -0.2) is 71.2 Å². The van der Waals surface area contributed by atoms with Gasteiger partial charge in [-0.05, 0) is 68.9 Å². The van der Waals surface area contributed by atoms with Crippen molar-refractivity contribution in [2.45, 2.75) is 63.7 Å². The van der Waals surface area contributed by atoms with Crippen molar-refractivity contribution in [2.24, 2.45) is 11.8 Å². The van der Waals surface area contributed by atoms with E-state index in [4.69, 9.17) is 4.74 Å². The zero-order valence-electron chi connectivity index (χ0n) is 25.5. The molecule has 3 heterocycles. The fourth-order valence-corrected chi connectivity index (χ4v) is 7.68. The molecule has 43 heavy (non-hydrogen) atoms. The molecule has 8 heteroatoms. The van der Waals surface area contributed by atoms with Crippen molar-refractivity contribution in [2.75, 3.05) is 36.0 Å². The number of anilines is 2. The molecule has 1 N–H and O–H groups in total. The fourth-order valence-electron chi connectivity index (χ4n) is 7.68. The first kappa shape index (κ1) is 30.7. The number of rotatable bonds is 12. The lowest BCUT2D eigenvalue weighted by Crippen LogP contribution is -2.57. The molecule has 1 spiro atoms. The number of aliphatic hydroxyl groups is 1. The second-order valence-corrected chi connectivity index (χ2v) is 12.0. The first-order chi connectivity index (χ1) is 20.7. The van der Waals surface area contributed by atoms with Crippen molar-refractivity contribution in [1.82, 2.24) is 4.90 Å². The van der Waals surface area contributed by atoms with E-state index in [9.17, 15) is 19.5 Å². The predicted octanol–water partition coefficient (Wildman–Crippen LogP) is 4.58. The Balaban J connectivity index is 1.62. The van der Waals surface area contributed by atoms with E-state index >= 15 is 0 Å². The molecule has 3 fully saturated rings. The molecule has 0 aromatic heterocycles. The van der Waals surface area contributed by atoms with Crippen LogP contribution in [0.15, 0.2) is 73.8 Å². The lowest BCUT2D eigenvalue weighted by Gasteiger charge is -2.37. The minimum Gasteiger partial charge on any atom is -0.396 e. The summed E-state index contributed by atoms with van der Waals surface area (Å²) in [5.41, 5.74) is 1.39. The molecule has 3 amide bonds. The summed E-state index contributed by atoms with van der Waals surface area (Å²) in [6.07, 6.45) is 5.28. The molecule has 5 atom stereocenters. The van der Waals surface area contributed by atoms with Crippen molar-refractivity contribution in [3.8, 4) is 0 Å². The Bertz CT molecular complexity index is 1410. The van der Waals surface area contributed by atoms with Gasteiger partial charge in [0.15, 0.2) is 0 Å². The molecule has 2 aromatic rings. The number of aliphatic hydroxyl groups excluding tert-OH is 1. The second kappa shape index (κ2) is 12.1. The monoisotopic (exact) mass is 585 g/mol. The van der Waals surface area contributed by atoms with Gasteiger partial charge in [-0.3, -0.25) is 14.4 Å². The summed E-state index contributed by atoms with van der Waals surface area (Å²) in [4.78, 5) is 48.8. The number of hydrogen-bond donors (Lipinski definition) is 1. The molecule has 0 aliphatic carbocycles. The Kier molecular flexibility index (Phi) is 8.63. The molecule has 3 saturated heterocycles. The zero-order valence-corrected chi connectivity index (χ0v) is 25.5. The summed E-state index contributed by atoms with van der Waals surface area (Å²) < 4.78 is 6.98. The smallest absolute Gasteiger partial charge is 0.253 e. The number of para-hydroxylation sites is 1. The maximum atomic E-state index is 14.8. The van der Waals surface area contributed by atoms with Crippen LogP contribution in [0.1, 0.15) is 43.7 Å². The molecule has 2 unspecified atom stereocenters. The van der Waals surface area contributed by atoms with E-state index in [1.165, 1.54) is 0 Å². The van der Waals surface area contributed by atoms with Crippen molar-refractivity contribution >= 4 is 29.1 Å². The van der Waals surface area contributed by atoms with Gasteiger partial charge in [0.25, 0.3) is 5.91 Å². The summed E-state index contributed by atoms with van der Waals surface area (Å²) >= 11 is 0. The summed E-state index contributed by atoms with van der Waals surface area (Å²) in [6, 6.07) is 14.4. The third-order valence-electron chi connectivity index (χ3n) is 9.62. The number of hydrogen-bond acceptors (Lipinski definition) is 5. The maximum Gasteiger partial charge on any atom is 0.253 e. The van der Waals surface area contributed by atoms with Crippen LogP contribution in [0.25, 0.3) is 0 Å². The van der Waals surface area contributed by atoms with E-state index < -0.39 is 29.1 Å². The highest BCUT2D eigenvalue weighted by Crippen LogP contribution is 2.64. The highest BCUT2D eigenvalue weighted by molar-refractivity contribution is 6.07. The number of benzene rings is 2. The highest BCUT2D eigenvalue weighted by atomic mass is 16.5. The van der Waals surface area contributed by atoms with E-state index in [-0.39, 0.29) is 44.0 Å². The average molecular weight is 586 g/mol. The minimum absolute atomic E-state index is 0.126. The Morgan fingerprint density at radius 1 is 1.05 bits per heavy atom. The van der Waals surface area contributed by atoms with Gasteiger partial charge in [-0.25, -0.2) is 0 Å². The van der Waals surface area contributed by atoms with Crippen molar-refractivity contribution in [3.63, 3.8) is 0 Å². The maximum absolute atomic E-state index is 14.8. The van der Waals surface area contributed by atoms with Crippen molar-refractivity contribution in [3.05, 3.63) is 85.0 Å². The van der Waals surface area contributed by atoms with Gasteiger partial charge >= 0.3 is 0 Å². The van der Waals surface area contributed by atoms with Crippen LogP contribution in [0, 0.1) is 25.7 Å². The highest BCUT2D eigenvalue weighted by Gasteiger charge is 2.79. The van der Waals surface area contributed by atoms with Gasteiger partial charge in [0.2, 0.25) is 11.8 Å². The van der Waals surface area contributed by atoms with Gasteiger partial charge in [0.1, 0.15) is 11.6 Å². The van der Waals surface area contributed by atoms with Gasteiger partial charge in [-0.2, -0.15) is 0 Å². The topological polar surface area (TPSA) is 90.4 Å². The van der Waals surface area contributed by atoms with Crippen LogP contribution in [0.4, 0.5) is 11.4 Å². The van der Waals surface area contributed by atoms with Gasteiger partial charge in [-0.15, -0.1) is 13.2 Å². The number of carbonyl (C=O) groups is 3. The molecule has 2 bridgehead atoms. The largest absolute Gasteiger partial charge is 0.396 e. The summed E-state index contributed by atoms with van der Waals surface area (Å²) in [6.45, 7) is 14.3. The van der Waals surface area contributed by atoms with Gasteiger partial charge in [-0.1, -0.05) is 49.4 Å². The average Bonchev–Trinajstić information content (AvgIpc) is 3.62. The number of likely N-dealkylation sites (tertiary alicyclic amines) is 1. The molecule has 3 aliphatic heterocycles. The number of amides is 3. The Morgan fingerprint density at radius 3 is 2.40 bits per heavy atom. The predicted molar refractivity (Wildman–Crippen MR) is 168 cm³/mol. The standard InChI is InChI=1S/C35H43N3O5/c1-6-19-36(26-13-10-9-11-14-26)31(40)28-29-32(41)38(21-12-22-39)30(35(29)18-17-34(28,8-3)43-35)33(42)37(20-7-2)27-23-24(4)15-16-25(27)5/h6-7,9-11,13-16,23,28-30,39H,1-2,8,12,17-22H2,3-5H3/t28-,29-,30?,34+,35?/m0/s1. The number of carbonyl (C=O) groups excluding carboxylic acids is 3. The molecule has 8 nitrogen and oxygen atoms in total. The van der Waals surface area contributed by atoms with E-state index in [1.807, 2.05) is 69.3 Å². The number of nitrogens with zero attached hydrogens (tertiary/aromatic N) is 3. The molecular formula is C35H43N3O5. The van der Waals surface area contributed by atoms with Crippen LogP contribution in [0.3, 0.4) is 0 Å². The number of fused-ring (bicyclic) bond motifs is 1. The minimum atomic E-state index is -1.16. The van der Waals surface area contributed by atoms with E-state index in [0.29, 0.717) is 25.7 Å². The van der Waals surface area contributed by atoms with Crippen LogP contribution in [0.2, 0.25) is 0 Å². The number of aryl methyl sites for hydroxylation is 2. The van der Waals surface area contributed by atoms with Gasteiger partial charge in [0, 0.05) is 37.6 Å². The Morgan fingerprint density at radius 2 is 1.74 bits per heavy atom. The molecule has 0 saturated carbocycles. The molecule has 0 radical (unpaired) electrons. The molecule has 228 valence electrons. The first-order valence-electron chi connectivity index (χ1n) is 15.3. The zero-order chi connectivity index (χ0) is 30.9.